The van der Waals surface area contributed by atoms with E-state index in [4.69, 9.17) is 0 Å². The summed E-state index contributed by atoms with van der Waals surface area (Å²) >= 11 is 0. The van der Waals surface area contributed by atoms with Crippen LogP contribution in [0, 0.1) is 20.9 Å². The zero-order valence-electron chi connectivity index (χ0n) is 10.5. The Balaban J connectivity index is 5.35. The molecule has 0 aliphatic rings. The summed E-state index contributed by atoms with van der Waals surface area (Å²) in [5, 5.41) is 10.6. The average Bonchev–Trinajstić information content (AvgIpc) is 1.94. The molecule has 3 heteroatoms. The molecule has 15 heavy (non-hydrogen) atoms. The van der Waals surface area contributed by atoms with Gasteiger partial charge in [-0.1, -0.05) is 48.1 Å². The van der Waals surface area contributed by atoms with Gasteiger partial charge in [0.25, 0.3) is 0 Å². The highest BCUT2D eigenvalue weighted by atomic mass is 16.6. The van der Waals surface area contributed by atoms with E-state index in [9.17, 15) is 10.1 Å². The smallest absolute Gasteiger partial charge is 0.238 e. The molecule has 86 valence electrons. The standard InChI is InChI=1S/C12H21NO2/c1-9(11(2,3)4)10(8-13(14)15)12(5,6)7/h8H,1H2,2-7H3/b10-8-. The van der Waals surface area contributed by atoms with Gasteiger partial charge < -0.3 is 0 Å². The summed E-state index contributed by atoms with van der Waals surface area (Å²) in [5.74, 6) is 0. The second kappa shape index (κ2) is 4.17. The summed E-state index contributed by atoms with van der Waals surface area (Å²) in [4.78, 5) is 10.2. The van der Waals surface area contributed by atoms with E-state index >= 15 is 0 Å². The number of allylic oxidation sites excluding steroid dienone is 2. The normalized spacial score (nSPS) is 13.9. The molecule has 0 unspecified atom stereocenters. The molecule has 0 saturated carbocycles. The van der Waals surface area contributed by atoms with Crippen molar-refractivity contribution in [3.63, 3.8) is 0 Å². The third-order valence-corrected chi connectivity index (χ3v) is 2.27. The lowest BCUT2D eigenvalue weighted by molar-refractivity contribution is -0.403. The number of hydrogen-bond acceptors (Lipinski definition) is 2. The van der Waals surface area contributed by atoms with Crippen LogP contribution in [-0.4, -0.2) is 4.92 Å². The van der Waals surface area contributed by atoms with Gasteiger partial charge in [-0.05, 0) is 16.4 Å². The van der Waals surface area contributed by atoms with E-state index in [2.05, 4.69) is 6.58 Å². The predicted octanol–water partition coefficient (Wildman–Crippen LogP) is 3.80. The van der Waals surface area contributed by atoms with E-state index in [1.54, 1.807) is 0 Å². The summed E-state index contributed by atoms with van der Waals surface area (Å²) in [6, 6.07) is 0. The molecule has 0 aliphatic heterocycles. The Hall–Kier alpha value is -1.12. The fraction of sp³-hybridized carbons (Fsp3) is 0.667. The highest BCUT2D eigenvalue weighted by Gasteiger charge is 2.29. The summed E-state index contributed by atoms with van der Waals surface area (Å²) in [6.07, 6.45) is 1.08. The molecule has 0 aromatic rings. The average molecular weight is 211 g/mol. The van der Waals surface area contributed by atoms with Gasteiger partial charge in [0.2, 0.25) is 6.20 Å². The van der Waals surface area contributed by atoms with E-state index in [-0.39, 0.29) is 10.8 Å². The van der Waals surface area contributed by atoms with Crippen molar-refractivity contribution in [3.8, 4) is 0 Å². The Kier molecular flexibility index (Phi) is 3.86. The SMILES string of the molecule is C=C(/C(=C/[N+](=O)[O-])C(C)(C)C)C(C)(C)C. The number of nitro groups is 1. The van der Waals surface area contributed by atoms with Gasteiger partial charge in [-0.2, -0.15) is 0 Å². The van der Waals surface area contributed by atoms with Crippen LogP contribution >= 0.6 is 0 Å². The van der Waals surface area contributed by atoms with Crippen LogP contribution in [0.3, 0.4) is 0 Å². The van der Waals surface area contributed by atoms with Crippen molar-refractivity contribution in [3.05, 3.63) is 34.0 Å². The second-order valence-electron chi connectivity index (χ2n) is 5.81. The van der Waals surface area contributed by atoms with Gasteiger partial charge in [-0.25, -0.2) is 0 Å². The first-order valence-corrected chi connectivity index (χ1v) is 5.02. The van der Waals surface area contributed by atoms with E-state index in [1.807, 2.05) is 41.5 Å². The molecule has 0 radical (unpaired) electrons. The van der Waals surface area contributed by atoms with E-state index in [1.165, 1.54) is 0 Å². The molecule has 0 N–H and O–H groups in total. The molecule has 0 aliphatic carbocycles. The minimum Gasteiger partial charge on any atom is -0.259 e. The second-order valence-corrected chi connectivity index (χ2v) is 5.81. The van der Waals surface area contributed by atoms with Crippen molar-refractivity contribution < 1.29 is 4.92 Å². The maximum atomic E-state index is 10.6. The minimum atomic E-state index is -0.405. The maximum absolute atomic E-state index is 10.6. The van der Waals surface area contributed by atoms with E-state index in [0.29, 0.717) is 5.57 Å². The van der Waals surface area contributed by atoms with E-state index < -0.39 is 4.92 Å². The molecule has 0 aromatic carbocycles. The molecule has 0 bridgehead atoms. The van der Waals surface area contributed by atoms with Gasteiger partial charge in [-0.15, -0.1) is 0 Å². The molecule has 0 amide bonds. The lowest BCUT2D eigenvalue weighted by Gasteiger charge is -2.30. The molecule has 0 fully saturated rings. The van der Waals surface area contributed by atoms with Crippen molar-refractivity contribution in [2.75, 3.05) is 0 Å². The van der Waals surface area contributed by atoms with Crippen molar-refractivity contribution in [1.29, 1.82) is 0 Å². The molecule has 0 rings (SSSR count). The third kappa shape index (κ3) is 4.28. The first-order chi connectivity index (χ1) is 6.46. The molecule has 0 atom stereocenters. The maximum Gasteiger partial charge on any atom is 0.238 e. The first-order valence-electron chi connectivity index (χ1n) is 5.02. The summed E-state index contributed by atoms with van der Waals surface area (Å²) in [5.41, 5.74) is 1.14. The van der Waals surface area contributed by atoms with Crippen LogP contribution in [0.1, 0.15) is 41.5 Å². The Labute approximate surface area is 92.0 Å². The zero-order valence-corrected chi connectivity index (χ0v) is 10.5. The summed E-state index contributed by atoms with van der Waals surface area (Å²) in [6.45, 7) is 15.9. The monoisotopic (exact) mass is 211 g/mol. The van der Waals surface area contributed by atoms with Gasteiger partial charge >= 0.3 is 0 Å². The molecular formula is C12H21NO2. The molecule has 0 spiro atoms. The highest BCUT2D eigenvalue weighted by Crippen LogP contribution is 2.39. The molecule has 0 heterocycles. The third-order valence-electron chi connectivity index (χ3n) is 2.27. The largest absolute Gasteiger partial charge is 0.259 e. The zero-order chi connectivity index (χ0) is 12.4. The molecule has 0 aromatic heterocycles. The van der Waals surface area contributed by atoms with Crippen LogP contribution in [0.5, 0.6) is 0 Å². The summed E-state index contributed by atoms with van der Waals surface area (Å²) < 4.78 is 0. The van der Waals surface area contributed by atoms with E-state index in [0.717, 1.165) is 11.8 Å². The highest BCUT2D eigenvalue weighted by molar-refractivity contribution is 5.35. The van der Waals surface area contributed by atoms with Crippen molar-refractivity contribution in [1.82, 2.24) is 0 Å². The Morgan fingerprint density at radius 2 is 1.53 bits per heavy atom. The van der Waals surface area contributed by atoms with Gasteiger partial charge in [0.05, 0.1) is 4.92 Å². The fourth-order valence-electron chi connectivity index (χ4n) is 1.23. The van der Waals surface area contributed by atoms with Crippen LogP contribution < -0.4 is 0 Å². The van der Waals surface area contributed by atoms with Gasteiger partial charge in [-0.3, -0.25) is 10.1 Å². The van der Waals surface area contributed by atoms with Crippen LogP contribution in [0.4, 0.5) is 0 Å². The molecule has 0 saturated heterocycles. The quantitative estimate of drug-likeness (QED) is 0.396. The molecular weight excluding hydrogens is 190 g/mol. The predicted molar refractivity (Wildman–Crippen MR) is 63.1 cm³/mol. The molecule has 3 nitrogen and oxygen atoms in total. The van der Waals surface area contributed by atoms with Crippen molar-refractivity contribution in [2.45, 2.75) is 41.5 Å². The Morgan fingerprint density at radius 1 is 1.13 bits per heavy atom. The van der Waals surface area contributed by atoms with Crippen LogP contribution in [0.2, 0.25) is 0 Å². The fourth-order valence-corrected chi connectivity index (χ4v) is 1.23. The van der Waals surface area contributed by atoms with Gasteiger partial charge in [0, 0.05) is 5.57 Å². The Bertz CT molecular complexity index is 301. The van der Waals surface area contributed by atoms with Gasteiger partial charge in [0.15, 0.2) is 0 Å². The van der Waals surface area contributed by atoms with Crippen LogP contribution in [0.25, 0.3) is 0 Å². The Morgan fingerprint density at radius 3 is 1.73 bits per heavy atom. The summed E-state index contributed by atoms with van der Waals surface area (Å²) in [7, 11) is 0. The number of hydrogen-bond donors (Lipinski definition) is 0. The lowest BCUT2D eigenvalue weighted by Crippen LogP contribution is -2.20. The number of nitrogens with zero attached hydrogens (tertiary/aromatic N) is 1. The van der Waals surface area contributed by atoms with Gasteiger partial charge in [0.1, 0.15) is 0 Å². The van der Waals surface area contributed by atoms with Crippen molar-refractivity contribution in [2.24, 2.45) is 10.8 Å². The minimum absolute atomic E-state index is 0.144. The topological polar surface area (TPSA) is 43.1 Å². The first kappa shape index (κ1) is 13.9. The lowest BCUT2D eigenvalue weighted by atomic mass is 9.74. The van der Waals surface area contributed by atoms with Crippen LogP contribution in [0.15, 0.2) is 23.9 Å². The number of rotatable bonds is 2. The van der Waals surface area contributed by atoms with Crippen molar-refractivity contribution >= 4 is 0 Å². The van der Waals surface area contributed by atoms with Crippen LogP contribution in [-0.2, 0) is 0 Å².